The van der Waals surface area contributed by atoms with Crippen LogP contribution in [0.5, 0.6) is 5.75 Å². The largest absolute Gasteiger partial charge is 0.488 e. The predicted molar refractivity (Wildman–Crippen MR) is 121 cm³/mol. The van der Waals surface area contributed by atoms with E-state index in [1.807, 2.05) is 31.2 Å². The highest BCUT2D eigenvalue weighted by Gasteiger charge is 2.34. The maximum atomic E-state index is 14.1. The summed E-state index contributed by atoms with van der Waals surface area (Å²) in [6.45, 7) is 1.96. The van der Waals surface area contributed by atoms with Gasteiger partial charge in [0.2, 0.25) is 5.91 Å². The Morgan fingerprint density at radius 1 is 1.12 bits per heavy atom. The maximum Gasteiger partial charge on any atom is 0.226 e. The summed E-state index contributed by atoms with van der Waals surface area (Å²) >= 11 is 5.86. The molecule has 3 heterocycles. The molecule has 9 heteroatoms. The number of benzene rings is 2. The predicted octanol–water partition coefficient (Wildman–Crippen LogP) is 4.82. The lowest BCUT2D eigenvalue weighted by Crippen LogP contribution is -2.25. The number of aryl methyl sites for hydroxylation is 1. The molecule has 4 aromatic rings. The zero-order valence-corrected chi connectivity index (χ0v) is 18.4. The van der Waals surface area contributed by atoms with Crippen molar-refractivity contribution in [2.45, 2.75) is 25.9 Å². The van der Waals surface area contributed by atoms with Crippen molar-refractivity contribution in [1.82, 2.24) is 20.0 Å². The molecule has 0 spiro atoms. The normalized spacial score (nSPS) is 15.1. The second kappa shape index (κ2) is 8.63. The summed E-state index contributed by atoms with van der Waals surface area (Å²) in [7, 11) is 0. The Bertz CT molecular complexity index is 1340. The minimum atomic E-state index is -0.324. The third-order valence-corrected chi connectivity index (χ3v) is 5.77. The number of carbonyl (C=O) groups is 1. The minimum absolute atomic E-state index is 0.0774. The third kappa shape index (κ3) is 4.05. The Labute approximate surface area is 194 Å². The summed E-state index contributed by atoms with van der Waals surface area (Å²) in [6.07, 6.45) is 0.228. The molecule has 1 amide bonds. The molecule has 33 heavy (non-hydrogen) atoms. The van der Waals surface area contributed by atoms with E-state index in [0.29, 0.717) is 22.9 Å². The summed E-state index contributed by atoms with van der Waals surface area (Å²) in [5.41, 5.74) is 2.90. The smallest absolute Gasteiger partial charge is 0.226 e. The van der Waals surface area contributed by atoms with Gasteiger partial charge < -0.3 is 10.1 Å². The molecule has 166 valence electrons. The van der Waals surface area contributed by atoms with E-state index in [9.17, 15) is 9.18 Å². The second-order valence-corrected chi connectivity index (χ2v) is 8.08. The van der Waals surface area contributed by atoms with Crippen LogP contribution in [0.25, 0.3) is 5.82 Å². The van der Waals surface area contributed by atoms with Gasteiger partial charge in [0.15, 0.2) is 11.0 Å². The third-order valence-electron chi connectivity index (χ3n) is 5.57. The number of halogens is 2. The SMILES string of the molecule is Cc1nn(-c2ccc(Cl)nn2)c2c1[C@@H](c1ccccc1OCc1ccccc1F)CC(=O)N2. The molecule has 2 aromatic heterocycles. The molecule has 1 aliphatic rings. The number of nitrogens with zero attached hydrogens (tertiary/aromatic N) is 4. The topological polar surface area (TPSA) is 81.9 Å². The lowest BCUT2D eigenvalue weighted by atomic mass is 9.85. The molecule has 0 saturated carbocycles. The number of carbonyl (C=O) groups excluding carboxylic acids is 1. The zero-order valence-electron chi connectivity index (χ0n) is 17.6. The fourth-order valence-corrected chi connectivity index (χ4v) is 4.17. The first-order valence-electron chi connectivity index (χ1n) is 10.4. The molecule has 1 atom stereocenters. The fraction of sp³-hybridized carbons (Fsp3) is 0.167. The molecule has 0 aliphatic carbocycles. The Morgan fingerprint density at radius 3 is 2.70 bits per heavy atom. The van der Waals surface area contributed by atoms with Gasteiger partial charge in [-0.3, -0.25) is 4.79 Å². The maximum absolute atomic E-state index is 14.1. The average Bonchev–Trinajstić information content (AvgIpc) is 3.15. The highest BCUT2D eigenvalue weighted by atomic mass is 35.5. The van der Waals surface area contributed by atoms with E-state index in [4.69, 9.17) is 16.3 Å². The fourth-order valence-electron chi connectivity index (χ4n) is 4.07. The number of fused-ring (bicyclic) bond motifs is 1. The van der Waals surface area contributed by atoms with Gasteiger partial charge in [-0.15, -0.1) is 10.2 Å². The number of amides is 1. The molecule has 1 aliphatic heterocycles. The lowest BCUT2D eigenvalue weighted by Gasteiger charge is -2.26. The standard InChI is InChI=1S/C24H19ClFN5O2/c1-14-23-17(12-22(32)27-24(23)31(30-14)21-11-10-20(25)28-29-21)16-7-3-5-9-19(16)33-13-15-6-2-4-8-18(15)26/h2-11,17H,12-13H2,1H3,(H,27,32)/t17-/m1/s1. The molecular weight excluding hydrogens is 445 g/mol. The van der Waals surface area contributed by atoms with Crippen LogP contribution in [-0.2, 0) is 11.4 Å². The molecule has 1 N–H and O–H groups in total. The van der Waals surface area contributed by atoms with E-state index in [1.165, 1.54) is 6.07 Å². The number of hydrogen-bond acceptors (Lipinski definition) is 5. The van der Waals surface area contributed by atoms with Crippen molar-refractivity contribution in [3.05, 3.63) is 94.0 Å². The molecule has 5 rings (SSSR count). The van der Waals surface area contributed by atoms with Crippen molar-refractivity contribution in [2.75, 3.05) is 5.32 Å². The first-order valence-corrected chi connectivity index (χ1v) is 10.7. The highest BCUT2D eigenvalue weighted by Crippen LogP contribution is 2.43. The van der Waals surface area contributed by atoms with Crippen LogP contribution >= 0.6 is 11.6 Å². The van der Waals surface area contributed by atoms with Crippen molar-refractivity contribution in [1.29, 1.82) is 0 Å². The van der Waals surface area contributed by atoms with Crippen molar-refractivity contribution in [2.24, 2.45) is 0 Å². The van der Waals surface area contributed by atoms with E-state index >= 15 is 0 Å². The minimum Gasteiger partial charge on any atom is -0.488 e. The van der Waals surface area contributed by atoms with Crippen LogP contribution in [-0.4, -0.2) is 25.9 Å². The number of rotatable bonds is 5. The average molecular weight is 464 g/mol. The van der Waals surface area contributed by atoms with Gasteiger partial charge in [0.1, 0.15) is 24.0 Å². The number of hydrogen-bond donors (Lipinski definition) is 1. The van der Waals surface area contributed by atoms with Gasteiger partial charge >= 0.3 is 0 Å². The van der Waals surface area contributed by atoms with Crippen LogP contribution in [0.2, 0.25) is 5.15 Å². The van der Waals surface area contributed by atoms with Crippen LogP contribution in [0.3, 0.4) is 0 Å². The Morgan fingerprint density at radius 2 is 1.91 bits per heavy atom. The van der Waals surface area contributed by atoms with Gasteiger partial charge in [0, 0.05) is 29.0 Å². The molecule has 0 unspecified atom stereocenters. The lowest BCUT2D eigenvalue weighted by molar-refractivity contribution is -0.116. The van der Waals surface area contributed by atoms with Gasteiger partial charge in [-0.05, 0) is 31.2 Å². The number of anilines is 1. The van der Waals surface area contributed by atoms with Gasteiger partial charge in [0.25, 0.3) is 0 Å². The van der Waals surface area contributed by atoms with Crippen LogP contribution in [0, 0.1) is 12.7 Å². The summed E-state index contributed by atoms with van der Waals surface area (Å²) in [5.74, 6) is 0.794. The van der Waals surface area contributed by atoms with E-state index in [1.54, 1.807) is 35.0 Å². The van der Waals surface area contributed by atoms with Gasteiger partial charge in [-0.1, -0.05) is 48.0 Å². The van der Waals surface area contributed by atoms with Crippen LogP contribution in [0.4, 0.5) is 10.2 Å². The highest BCUT2D eigenvalue weighted by molar-refractivity contribution is 6.29. The summed E-state index contributed by atoms with van der Waals surface area (Å²) in [5, 5.41) is 15.7. The Hall–Kier alpha value is -3.78. The van der Waals surface area contributed by atoms with E-state index in [-0.39, 0.29) is 35.8 Å². The molecule has 0 bridgehead atoms. The Kier molecular flexibility index (Phi) is 5.51. The molecule has 7 nitrogen and oxygen atoms in total. The molecule has 0 fully saturated rings. The van der Waals surface area contributed by atoms with Crippen molar-refractivity contribution >= 4 is 23.3 Å². The number of para-hydroxylation sites is 1. The van der Waals surface area contributed by atoms with Crippen molar-refractivity contribution < 1.29 is 13.9 Å². The second-order valence-electron chi connectivity index (χ2n) is 7.70. The first-order chi connectivity index (χ1) is 16.0. The van der Waals surface area contributed by atoms with Crippen LogP contribution in [0.1, 0.15) is 34.7 Å². The van der Waals surface area contributed by atoms with E-state index in [0.717, 1.165) is 16.8 Å². The molecule has 2 aromatic carbocycles. The monoisotopic (exact) mass is 463 g/mol. The van der Waals surface area contributed by atoms with Crippen LogP contribution < -0.4 is 10.1 Å². The van der Waals surface area contributed by atoms with E-state index < -0.39 is 0 Å². The van der Waals surface area contributed by atoms with Crippen molar-refractivity contribution in [3.8, 4) is 11.6 Å². The molecular formula is C24H19ClFN5O2. The quantitative estimate of drug-likeness (QED) is 0.459. The van der Waals surface area contributed by atoms with Gasteiger partial charge in [0.05, 0.1) is 5.69 Å². The van der Waals surface area contributed by atoms with Gasteiger partial charge in [-0.25, -0.2) is 4.39 Å². The zero-order chi connectivity index (χ0) is 22.9. The Balaban J connectivity index is 1.54. The molecule has 0 saturated heterocycles. The molecule has 0 radical (unpaired) electrons. The van der Waals surface area contributed by atoms with Gasteiger partial charge in [-0.2, -0.15) is 9.78 Å². The number of nitrogens with one attached hydrogen (secondary N) is 1. The first kappa shape index (κ1) is 21.1. The summed E-state index contributed by atoms with van der Waals surface area (Å²) in [4.78, 5) is 12.7. The van der Waals surface area contributed by atoms with Crippen molar-refractivity contribution in [3.63, 3.8) is 0 Å². The summed E-state index contributed by atoms with van der Waals surface area (Å²) < 4.78 is 21.6. The number of ether oxygens (including phenoxy) is 1. The van der Waals surface area contributed by atoms with Crippen LogP contribution in [0.15, 0.2) is 60.7 Å². The summed E-state index contributed by atoms with van der Waals surface area (Å²) in [6, 6.07) is 17.3. The van der Waals surface area contributed by atoms with E-state index in [2.05, 4.69) is 20.6 Å². The number of aromatic nitrogens is 4.